The second-order valence-corrected chi connectivity index (χ2v) is 3.99. The van der Waals surface area contributed by atoms with Crippen LogP contribution < -0.4 is 5.32 Å². The van der Waals surface area contributed by atoms with E-state index < -0.39 is 0 Å². The van der Waals surface area contributed by atoms with Crippen molar-refractivity contribution in [1.82, 2.24) is 9.55 Å². The van der Waals surface area contributed by atoms with E-state index in [-0.39, 0.29) is 18.1 Å². The summed E-state index contributed by atoms with van der Waals surface area (Å²) in [5.74, 6) is -0.450. The van der Waals surface area contributed by atoms with Crippen LogP contribution in [0.2, 0.25) is 0 Å². The number of carbonyl (C=O) groups is 2. The van der Waals surface area contributed by atoms with Gasteiger partial charge in [-0.1, -0.05) is 0 Å². The van der Waals surface area contributed by atoms with Gasteiger partial charge in [-0.05, 0) is 25.1 Å². The van der Waals surface area contributed by atoms with E-state index in [2.05, 4.69) is 10.3 Å². The second kappa shape index (κ2) is 4.37. The van der Waals surface area contributed by atoms with E-state index in [1.54, 1.807) is 18.5 Å². The molecule has 0 radical (unpaired) electrons. The number of fused-ring (bicyclic) bond motifs is 1. The Labute approximate surface area is 98.4 Å². The predicted octanol–water partition coefficient (Wildman–Crippen LogP) is 1.49. The lowest BCUT2D eigenvalue weighted by Crippen LogP contribution is -2.14. The molecule has 0 aliphatic rings. The average Bonchev–Trinajstić information content (AvgIpc) is 2.58. The van der Waals surface area contributed by atoms with E-state index in [1.807, 2.05) is 17.7 Å². The van der Waals surface area contributed by atoms with Crippen LogP contribution in [0.15, 0.2) is 24.5 Å². The molecule has 1 N–H and O–H groups in total. The quantitative estimate of drug-likeness (QED) is 0.814. The summed E-state index contributed by atoms with van der Waals surface area (Å²) < 4.78 is 1.90. The number of aryl methyl sites for hydroxylation is 1. The number of imidazole rings is 1. The van der Waals surface area contributed by atoms with E-state index >= 15 is 0 Å². The van der Waals surface area contributed by atoms with Crippen molar-refractivity contribution in [3.05, 3.63) is 24.5 Å². The summed E-state index contributed by atoms with van der Waals surface area (Å²) in [6.45, 7) is 1.39. The van der Waals surface area contributed by atoms with Gasteiger partial charge in [-0.2, -0.15) is 0 Å². The fourth-order valence-electron chi connectivity index (χ4n) is 1.65. The number of aromatic nitrogens is 2. The first-order valence-corrected chi connectivity index (χ1v) is 5.26. The summed E-state index contributed by atoms with van der Waals surface area (Å²) in [6, 6.07) is 5.46. The Kier molecular flexibility index (Phi) is 2.91. The number of hydrogen-bond donors (Lipinski definition) is 1. The van der Waals surface area contributed by atoms with Crippen molar-refractivity contribution in [2.24, 2.45) is 7.05 Å². The van der Waals surface area contributed by atoms with Crippen molar-refractivity contribution in [3.8, 4) is 0 Å². The fraction of sp³-hybridized carbons (Fsp3) is 0.250. The van der Waals surface area contributed by atoms with Crippen LogP contribution in [-0.4, -0.2) is 21.2 Å². The van der Waals surface area contributed by atoms with Gasteiger partial charge in [0.05, 0.1) is 23.8 Å². The Morgan fingerprint density at radius 2 is 2.18 bits per heavy atom. The Morgan fingerprint density at radius 1 is 1.41 bits per heavy atom. The van der Waals surface area contributed by atoms with Gasteiger partial charge in [0.15, 0.2) is 0 Å². The molecule has 0 aliphatic heterocycles. The van der Waals surface area contributed by atoms with Gasteiger partial charge in [0.1, 0.15) is 5.78 Å². The van der Waals surface area contributed by atoms with E-state index in [1.165, 1.54) is 6.92 Å². The maximum Gasteiger partial charge on any atom is 0.231 e. The van der Waals surface area contributed by atoms with E-state index in [0.717, 1.165) is 11.0 Å². The lowest BCUT2D eigenvalue weighted by atomic mass is 10.2. The lowest BCUT2D eigenvalue weighted by Gasteiger charge is -2.03. The number of Topliss-reactive ketones (excluding diaryl/α,β-unsaturated/α-hetero) is 1. The molecule has 1 amide bonds. The number of nitrogens with zero attached hydrogens (tertiary/aromatic N) is 2. The molecule has 0 atom stereocenters. The SMILES string of the molecule is CC(=O)CC(=O)Nc1ccc2c(c1)ncn2C. The number of nitrogens with one attached hydrogen (secondary N) is 1. The zero-order valence-corrected chi connectivity index (χ0v) is 9.73. The maximum absolute atomic E-state index is 11.4. The van der Waals surface area contributed by atoms with Gasteiger partial charge >= 0.3 is 0 Å². The Hall–Kier alpha value is -2.17. The molecule has 5 nitrogen and oxygen atoms in total. The Morgan fingerprint density at radius 3 is 2.88 bits per heavy atom. The minimum atomic E-state index is -0.298. The fourth-order valence-corrected chi connectivity index (χ4v) is 1.65. The van der Waals surface area contributed by atoms with Crippen molar-refractivity contribution in [2.45, 2.75) is 13.3 Å². The maximum atomic E-state index is 11.4. The van der Waals surface area contributed by atoms with Gasteiger partial charge in [-0.25, -0.2) is 4.98 Å². The van der Waals surface area contributed by atoms with Crippen molar-refractivity contribution in [1.29, 1.82) is 0 Å². The van der Waals surface area contributed by atoms with Crippen LogP contribution in [0.4, 0.5) is 5.69 Å². The predicted molar refractivity (Wildman–Crippen MR) is 64.6 cm³/mol. The molecule has 0 spiro atoms. The molecule has 88 valence electrons. The molecule has 1 aromatic heterocycles. The first-order valence-electron chi connectivity index (χ1n) is 5.26. The van der Waals surface area contributed by atoms with Gasteiger partial charge in [-0.3, -0.25) is 9.59 Å². The van der Waals surface area contributed by atoms with Crippen LogP contribution in [0, 0.1) is 0 Å². The number of hydrogen-bond acceptors (Lipinski definition) is 3. The summed E-state index contributed by atoms with van der Waals surface area (Å²) in [4.78, 5) is 26.4. The highest BCUT2D eigenvalue weighted by Gasteiger charge is 2.07. The summed E-state index contributed by atoms with van der Waals surface area (Å²) >= 11 is 0. The molecule has 2 aromatic rings. The van der Waals surface area contributed by atoms with Crippen LogP contribution in [0.25, 0.3) is 11.0 Å². The molecule has 2 rings (SSSR count). The number of amides is 1. The smallest absolute Gasteiger partial charge is 0.231 e. The third-order valence-electron chi connectivity index (χ3n) is 2.42. The van der Waals surface area contributed by atoms with Gasteiger partial charge < -0.3 is 9.88 Å². The standard InChI is InChI=1S/C12H13N3O2/c1-8(16)5-12(17)14-9-3-4-11-10(6-9)13-7-15(11)2/h3-4,6-7H,5H2,1-2H3,(H,14,17). The van der Waals surface area contributed by atoms with Gasteiger partial charge in [0.25, 0.3) is 0 Å². The molecular formula is C12H13N3O2. The summed E-state index contributed by atoms with van der Waals surface area (Å²) in [7, 11) is 1.91. The minimum absolute atomic E-state index is 0.0970. The van der Waals surface area contributed by atoms with E-state index in [0.29, 0.717) is 5.69 Å². The van der Waals surface area contributed by atoms with Crippen LogP contribution in [-0.2, 0) is 16.6 Å². The third kappa shape index (κ3) is 2.50. The number of anilines is 1. The monoisotopic (exact) mass is 231 g/mol. The molecule has 0 fully saturated rings. The van der Waals surface area contributed by atoms with Gasteiger partial charge in [-0.15, -0.1) is 0 Å². The molecule has 5 heteroatoms. The average molecular weight is 231 g/mol. The number of benzene rings is 1. The number of ketones is 1. The van der Waals surface area contributed by atoms with Crippen LogP contribution in [0.1, 0.15) is 13.3 Å². The first-order chi connectivity index (χ1) is 8.06. The molecule has 0 unspecified atom stereocenters. The Bertz CT molecular complexity index is 586. The highest BCUT2D eigenvalue weighted by molar-refractivity contribution is 6.04. The van der Waals surface area contributed by atoms with Crippen LogP contribution >= 0.6 is 0 Å². The van der Waals surface area contributed by atoms with Crippen LogP contribution in [0.3, 0.4) is 0 Å². The summed E-state index contributed by atoms with van der Waals surface area (Å²) in [6.07, 6.45) is 1.62. The highest BCUT2D eigenvalue weighted by atomic mass is 16.2. The van der Waals surface area contributed by atoms with Crippen molar-refractivity contribution in [3.63, 3.8) is 0 Å². The Balaban J connectivity index is 2.19. The summed E-state index contributed by atoms with van der Waals surface area (Å²) in [5.41, 5.74) is 2.46. The lowest BCUT2D eigenvalue weighted by molar-refractivity contribution is -0.124. The summed E-state index contributed by atoms with van der Waals surface area (Å²) in [5, 5.41) is 2.67. The minimum Gasteiger partial charge on any atom is -0.334 e. The first kappa shape index (κ1) is 11.3. The molecule has 1 aromatic carbocycles. The topological polar surface area (TPSA) is 64.0 Å². The molecule has 1 heterocycles. The molecule has 0 saturated heterocycles. The molecule has 0 saturated carbocycles. The highest BCUT2D eigenvalue weighted by Crippen LogP contribution is 2.17. The largest absolute Gasteiger partial charge is 0.334 e. The molecular weight excluding hydrogens is 218 g/mol. The van der Waals surface area contributed by atoms with E-state index in [9.17, 15) is 9.59 Å². The van der Waals surface area contributed by atoms with Crippen molar-refractivity contribution < 1.29 is 9.59 Å². The van der Waals surface area contributed by atoms with Gasteiger partial charge in [0.2, 0.25) is 5.91 Å². The zero-order chi connectivity index (χ0) is 12.4. The van der Waals surface area contributed by atoms with Crippen molar-refractivity contribution >= 4 is 28.4 Å². The van der Waals surface area contributed by atoms with Crippen LogP contribution in [0.5, 0.6) is 0 Å². The number of carbonyl (C=O) groups excluding carboxylic acids is 2. The number of rotatable bonds is 3. The third-order valence-corrected chi connectivity index (χ3v) is 2.42. The molecule has 17 heavy (non-hydrogen) atoms. The zero-order valence-electron chi connectivity index (χ0n) is 9.73. The van der Waals surface area contributed by atoms with Crippen molar-refractivity contribution in [2.75, 3.05) is 5.32 Å². The van der Waals surface area contributed by atoms with Gasteiger partial charge in [0, 0.05) is 12.7 Å². The molecule has 0 aliphatic carbocycles. The normalized spacial score (nSPS) is 10.5. The second-order valence-electron chi connectivity index (χ2n) is 3.99. The molecule has 0 bridgehead atoms. The van der Waals surface area contributed by atoms with E-state index in [4.69, 9.17) is 0 Å².